The zero-order valence-corrected chi connectivity index (χ0v) is 15.7. The number of benzene rings is 1. The van der Waals surface area contributed by atoms with Gasteiger partial charge < -0.3 is 15.4 Å². The zero-order chi connectivity index (χ0) is 18.3. The standard InChI is InChI=1S/C18H16ClN5OS/c1-9-5-14-16(20-7-9)24-15(23-14)12-6-11(3-4-13(12)19)22-17(25)18-21-10(2)8-26-18/h3-8,17,22,25H,1-2H3,(H,20,23,24). The number of aromatic nitrogens is 4. The summed E-state index contributed by atoms with van der Waals surface area (Å²) >= 11 is 7.77. The van der Waals surface area contributed by atoms with Crippen LogP contribution in [0.4, 0.5) is 5.69 Å². The van der Waals surface area contributed by atoms with E-state index in [0.717, 1.165) is 22.3 Å². The Bertz CT molecular complexity index is 1090. The number of halogens is 1. The Morgan fingerprint density at radius 2 is 2.08 bits per heavy atom. The van der Waals surface area contributed by atoms with E-state index < -0.39 is 6.23 Å². The summed E-state index contributed by atoms with van der Waals surface area (Å²) in [4.78, 5) is 16.4. The molecule has 8 heteroatoms. The van der Waals surface area contributed by atoms with Gasteiger partial charge in [-0.25, -0.2) is 15.0 Å². The molecule has 0 saturated heterocycles. The molecule has 0 aliphatic carbocycles. The molecule has 1 aromatic carbocycles. The van der Waals surface area contributed by atoms with Crippen molar-refractivity contribution in [3.63, 3.8) is 0 Å². The largest absolute Gasteiger partial charge is 0.367 e. The fourth-order valence-electron chi connectivity index (χ4n) is 2.65. The molecule has 0 fully saturated rings. The SMILES string of the molecule is Cc1cnc2nc(-c3cc(NC(O)c4nc(C)cs4)ccc3Cl)[nH]c2c1. The molecule has 4 aromatic rings. The number of aliphatic hydroxyl groups is 1. The van der Waals surface area contributed by atoms with Gasteiger partial charge in [0, 0.05) is 28.5 Å². The average molecular weight is 386 g/mol. The molecule has 0 radical (unpaired) electrons. The third-order valence-corrected chi connectivity index (χ3v) is 5.21. The molecule has 26 heavy (non-hydrogen) atoms. The molecule has 0 aliphatic heterocycles. The third-order valence-electron chi connectivity index (χ3n) is 3.87. The van der Waals surface area contributed by atoms with Gasteiger partial charge in [-0.05, 0) is 43.7 Å². The Kier molecular flexibility index (Phi) is 4.36. The van der Waals surface area contributed by atoms with Crippen LogP contribution in [0.15, 0.2) is 35.8 Å². The minimum absolute atomic E-state index is 0.561. The van der Waals surface area contributed by atoms with Crippen LogP contribution in [0, 0.1) is 13.8 Å². The van der Waals surface area contributed by atoms with Gasteiger partial charge in [0.15, 0.2) is 11.9 Å². The summed E-state index contributed by atoms with van der Waals surface area (Å²) in [5.41, 5.74) is 4.87. The van der Waals surface area contributed by atoms with Gasteiger partial charge in [0.25, 0.3) is 0 Å². The minimum atomic E-state index is -0.886. The van der Waals surface area contributed by atoms with Crippen molar-refractivity contribution in [2.75, 3.05) is 5.32 Å². The van der Waals surface area contributed by atoms with Crippen LogP contribution in [0.5, 0.6) is 0 Å². The van der Waals surface area contributed by atoms with E-state index in [4.69, 9.17) is 11.6 Å². The quantitative estimate of drug-likeness (QED) is 0.451. The number of thiazole rings is 1. The number of imidazole rings is 1. The van der Waals surface area contributed by atoms with E-state index in [1.807, 2.05) is 31.4 Å². The van der Waals surface area contributed by atoms with Crippen LogP contribution in [-0.4, -0.2) is 25.0 Å². The molecule has 3 heterocycles. The second-order valence-electron chi connectivity index (χ2n) is 6.04. The molecular formula is C18H16ClN5OS. The highest BCUT2D eigenvalue weighted by molar-refractivity contribution is 7.09. The molecule has 1 atom stereocenters. The number of nitrogens with zero attached hydrogens (tertiary/aromatic N) is 3. The number of H-pyrrole nitrogens is 1. The molecule has 4 rings (SSSR count). The van der Waals surface area contributed by atoms with E-state index in [2.05, 4.69) is 25.3 Å². The number of anilines is 1. The van der Waals surface area contributed by atoms with Crippen molar-refractivity contribution in [3.8, 4) is 11.4 Å². The zero-order valence-electron chi connectivity index (χ0n) is 14.1. The van der Waals surface area contributed by atoms with Gasteiger partial charge >= 0.3 is 0 Å². The first-order valence-electron chi connectivity index (χ1n) is 7.98. The van der Waals surface area contributed by atoms with E-state index in [1.165, 1.54) is 11.3 Å². The van der Waals surface area contributed by atoms with Crippen LogP contribution >= 0.6 is 22.9 Å². The number of pyridine rings is 1. The number of hydrogen-bond acceptors (Lipinski definition) is 6. The van der Waals surface area contributed by atoms with Crippen molar-refractivity contribution >= 4 is 39.8 Å². The monoisotopic (exact) mass is 385 g/mol. The Morgan fingerprint density at radius 1 is 1.23 bits per heavy atom. The van der Waals surface area contributed by atoms with Gasteiger partial charge in [0.05, 0.1) is 10.5 Å². The summed E-state index contributed by atoms with van der Waals surface area (Å²) in [6, 6.07) is 7.41. The molecule has 3 N–H and O–H groups in total. The van der Waals surface area contributed by atoms with Crippen LogP contribution in [0.25, 0.3) is 22.6 Å². The maximum Gasteiger partial charge on any atom is 0.178 e. The predicted molar refractivity (Wildman–Crippen MR) is 105 cm³/mol. The summed E-state index contributed by atoms with van der Waals surface area (Å²) < 4.78 is 0. The van der Waals surface area contributed by atoms with E-state index in [0.29, 0.717) is 27.2 Å². The van der Waals surface area contributed by atoms with Crippen molar-refractivity contribution in [2.24, 2.45) is 0 Å². The van der Waals surface area contributed by atoms with Gasteiger partial charge in [-0.3, -0.25) is 0 Å². The first kappa shape index (κ1) is 17.0. The highest BCUT2D eigenvalue weighted by Crippen LogP contribution is 2.31. The van der Waals surface area contributed by atoms with Crippen molar-refractivity contribution in [2.45, 2.75) is 20.1 Å². The first-order chi connectivity index (χ1) is 12.5. The van der Waals surface area contributed by atoms with Gasteiger partial charge in [0.1, 0.15) is 10.8 Å². The van der Waals surface area contributed by atoms with E-state index in [-0.39, 0.29) is 0 Å². The van der Waals surface area contributed by atoms with Gasteiger partial charge in [-0.15, -0.1) is 11.3 Å². The Balaban J connectivity index is 1.67. The molecule has 3 aromatic heterocycles. The van der Waals surface area contributed by atoms with E-state index in [9.17, 15) is 5.11 Å². The van der Waals surface area contributed by atoms with Crippen LogP contribution in [-0.2, 0) is 0 Å². The Labute approximate surface area is 158 Å². The number of nitrogens with one attached hydrogen (secondary N) is 2. The molecule has 0 bridgehead atoms. The summed E-state index contributed by atoms with van der Waals surface area (Å²) in [6.07, 6.45) is 0.890. The number of hydrogen-bond donors (Lipinski definition) is 3. The number of aliphatic hydroxyl groups excluding tert-OH is 1. The van der Waals surface area contributed by atoms with Crippen molar-refractivity contribution in [1.82, 2.24) is 19.9 Å². The maximum atomic E-state index is 10.3. The smallest absolute Gasteiger partial charge is 0.178 e. The lowest BCUT2D eigenvalue weighted by Crippen LogP contribution is -2.09. The number of fused-ring (bicyclic) bond motifs is 1. The van der Waals surface area contributed by atoms with Crippen molar-refractivity contribution in [1.29, 1.82) is 0 Å². The number of aromatic amines is 1. The van der Waals surface area contributed by atoms with Crippen LogP contribution in [0.1, 0.15) is 22.5 Å². The summed E-state index contributed by atoms with van der Waals surface area (Å²) in [6.45, 7) is 3.87. The van der Waals surface area contributed by atoms with Crippen LogP contribution in [0.2, 0.25) is 5.02 Å². The van der Waals surface area contributed by atoms with Crippen LogP contribution < -0.4 is 5.32 Å². The first-order valence-corrected chi connectivity index (χ1v) is 9.24. The molecule has 1 unspecified atom stereocenters. The fourth-order valence-corrected chi connectivity index (χ4v) is 3.58. The molecule has 0 aliphatic rings. The minimum Gasteiger partial charge on any atom is -0.367 e. The summed E-state index contributed by atoms with van der Waals surface area (Å²) in [5.74, 6) is 0.631. The number of aryl methyl sites for hydroxylation is 2. The highest BCUT2D eigenvalue weighted by Gasteiger charge is 2.14. The lowest BCUT2D eigenvalue weighted by Gasteiger charge is -2.13. The number of rotatable bonds is 4. The van der Waals surface area contributed by atoms with Crippen molar-refractivity contribution < 1.29 is 5.11 Å². The normalized spacial score (nSPS) is 12.5. The fraction of sp³-hybridized carbons (Fsp3) is 0.167. The molecule has 0 amide bonds. The summed E-state index contributed by atoms with van der Waals surface area (Å²) in [7, 11) is 0. The molecular weight excluding hydrogens is 370 g/mol. The van der Waals surface area contributed by atoms with Gasteiger partial charge in [-0.1, -0.05) is 11.6 Å². The third kappa shape index (κ3) is 3.29. The second kappa shape index (κ2) is 6.68. The molecule has 6 nitrogen and oxygen atoms in total. The Morgan fingerprint density at radius 3 is 2.85 bits per heavy atom. The van der Waals surface area contributed by atoms with Gasteiger partial charge in [-0.2, -0.15) is 0 Å². The molecule has 132 valence electrons. The topological polar surface area (TPSA) is 86.7 Å². The maximum absolute atomic E-state index is 10.3. The predicted octanol–water partition coefficient (Wildman–Crippen LogP) is 4.45. The summed E-state index contributed by atoms with van der Waals surface area (Å²) in [5, 5.41) is 16.4. The molecule has 0 saturated carbocycles. The average Bonchev–Trinajstić information content (AvgIpc) is 3.22. The van der Waals surface area contributed by atoms with Crippen molar-refractivity contribution in [3.05, 3.63) is 57.1 Å². The highest BCUT2D eigenvalue weighted by atomic mass is 35.5. The molecule has 0 spiro atoms. The van der Waals surface area contributed by atoms with E-state index >= 15 is 0 Å². The second-order valence-corrected chi connectivity index (χ2v) is 7.33. The Hall–Kier alpha value is -2.48. The van der Waals surface area contributed by atoms with E-state index in [1.54, 1.807) is 18.3 Å². The van der Waals surface area contributed by atoms with Gasteiger partial charge in [0.2, 0.25) is 0 Å². The van der Waals surface area contributed by atoms with Crippen LogP contribution in [0.3, 0.4) is 0 Å². The lowest BCUT2D eigenvalue weighted by molar-refractivity contribution is 0.207. The lowest BCUT2D eigenvalue weighted by atomic mass is 10.2.